The number of hydrogen-bond acceptors (Lipinski definition) is 7. The van der Waals surface area contributed by atoms with E-state index < -0.39 is 6.04 Å². The Hall–Kier alpha value is -3.59. The monoisotopic (exact) mass is 432 g/mol. The van der Waals surface area contributed by atoms with E-state index in [4.69, 9.17) is 4.74 Å². The fourth-order valence-electron chi connectivity index (χ4n) is 4.45. The van der Waals surface area contributed by atoms with Crippen LogP contribution in [0.1, 0.15) is 31.0 Å². The maximum atomic E-state index is 13.1. The number of H-pyrrole nitrogens is 1. The van der Waals surface area contributed by atoms with Gasteiger partial charge in [0.15, 0.2) is 5.82 Å². The largest absolute Gasteiger partial charge is 0.497 e. The molecule has 2 saturated heterocycles. The highest BCUT2D eigenvalue weighted by atomic mass is 16.5. The van der Waals surface area contributed by atoms with Crippen molar-refractivity contribution in [2.75, 3.05) is 25.1 Å². The first-order valence-corrected chi connectivity index (χ1v) is 10.7. The molecule has 5 rings (SSSR count). The molecular weight excluding hydrogens is 408 g/mol. The van der Waals surface area contributed by atoms with Gasteiger partial charge in [-0.05, 0) is 62.3 Å². The van der Waals surface area contributed by atoms with Gasteiger partial charge in [-0.15, -0.1) is 0 Å². The van der Waals surface area contributed by atoms with E-state index in [1.807, 2.05) is 18.2 Å². The van der Waals surface area contributed by atoms with E-state index in [-0.39, 0.29) is 24.2 Å². The smallest absolute Gasteiger partial charge is 0.251 e. The third kappa shape index (κ3) is 3.75. The van der Waals surface area contributed by atoms with Gasteiger partial charge in [0.25, 0.3) is 5.91 Å². The van der Waals surface area contributed by atoms with Crippen LogP contribution < -0.4 is 9.64 Å². The van der Waals surface area contributed by atoms with Gasteiger partial charge in [0.1, 0.15) is 17.3 Å². The summed E-state index contributed by atoms with van der Waals surface area (Å²) in [4.78, 5) is 38.1. The lowest BCUT2D eigenvalue weighted by Gasteiger charge is -2.33. The van der Waals surface area contributed by atoms with Crippen LogP contribution in [0.4, 0.5) is 5.69 Å². The Morgan fingerprint density at radius 1 is 1.06 bits per heavy atom. The molecule has 0 aliphatic carbocycles. The van der Waals surface area contributed by atoms with Crippen molar-refractivity contribution in [3.8, 4) is 17.3 Å². The molecule has 1 aromatic carbocycles. The van der Waals surface area contributed by atoms with Crippen LogP contribution in [0, 0.1) is 0 Å². The summed E-state index contributed by atoms with van der Waals surface area (Å²) in [6.45, 7) is 1.45. The average Bonchev–Trinajstić information content (AvgIpc) is 3.45. The van der Waals surface area contributed by atoms with E-state index in [9.17, 15) is 9.59 Å². The highest BCUT2D eigenvalue weighted by Crippen LogP contribution is 2.32. The highest BCUT2D eigenvalue weighted by Gasteiger charge is 2.43. The van der Waals surface area contributed by atoms with Crippen molar-refractivity contribution in [1.29, 1.82) is 0 Å². The zero-order chi connectivity index (χ0) is 22.1. The predicted molar refractivity (Wildman–Crippen MR) is 117 cm³/mol. The molecule has 0 spiro atoms. The number of methoxy groups -OCH3 is 1. The van der Waals surface area contributed by atoms with Crippen LogP contribution in [-0.2, 0) is 9.59 Å². The number of anilines is 1. The van der Waals surface area contributed by atoms with E-state index in [0.717, 1.165) is 37.4 Å². The Labute approximate surface area is 185 Å². The van der Waals surface area contributed by atoms with Crippen LogP contribution >= 0.6 is 0 Å². The van der Waals surface area contributed by atoms with Crippen LogP contribution in [0.3, 0.4) is 0 Å². The fraction of sp³-hybridized carbons (Fsp3) is 0.348. The molecular formula is C23H24N6O3. The van der Waals surface area contributed by atoms with Crippen molar-refractivity contribution in [2.45, 2.75) is 31.2 Å². The Morgan fingerprint density at radius 2 is 1.84 bits per heavy atom. The summed E-state index contributed by atoms with van der Waals surface area (Å²) in [5.74, 6) is 2.04. The number of piperidine rings is 1. The van der Waals surface area contributed by atoms with Crippen molar-refractivity contribution in [2.24, 2.45) is 0 Å². The summed E-state index contributed by atoms with van der Waals surface area (Å²) >= 11 is 0. The molecule has 0 bridgehead atoms. The maximum absolute atomic E-state index is 13.1. The minimum absolute atomic E-state index is 0.157. The van der Waals surface area contributed by atoms with Crippen molar-refractivity contribution in [3.63, 3.8) is 0 Å². The number of aromatic amines is 1. The van der Waals surface area contributed by atoms with Gasteiger partial charge < -0.3 is 4.74 Å². The van der Waals surface area contributed by atoms with Crippen LogP contribution in [0.15, 0.2) is 48.7 Å². The Balaban J connectivity index is 1.23. The molecule has 2 aliphatic heterocycles. The molecule has 2 fully saturated rings. The van der Waals surface area contributed by atoms with E-state index in [1.54, 1.807) is 37.6 Å². The van der Waals surface area contributed by atoms with Crippen LogP contribution in [0.2, 0.25) is 0 Å². The van der Waals surface area contributed by atoms with Crippen molar-refractivity contribution >= 4 is 17.5 Å². The van der Waals surface area contributed by atoms with Gasteiger partial charge in [-0.2, -0.15) is 5.10 Å². The number of nitrogens with one attached hydrogen (secondary N) is 1. The minimum Gasteiger partial charge on any atom is -0.497 e. The van der Waals surface area contributed by atoms with Crippen molar-refractivity contribution < 1.29 is 14.3 Å². The summed E-state index contributed by atoms with van der Waals surface area (Å²) in [6, 6.07) is 12.2. The number of imide groups is 1. The summed E-state index contributed by atoms with van der Waals surface area (Å²) in [5.41, 5.74) is 1.32. The number of amides is 2. The molecule has 9 heteroatoms. The Kier molecular flexibility index (Phi) is 5.40. The molecule has 32 heavy (non-hydrogen) atoms. The molecule has 0 radical (unpaired) electrons. The standard InChI is InChI=1S/C23H24N6O3/c1-32-17-7-5-16(6-8-17)29-20(30)14-19(23(29)31)28-12-9-15(10-13-28)21-25-22(27-26-21)18-4-2-3-11-24-18/h2-8,11,15,19H,9-10,12-14H2,1H3,(H,25,26,27)/t19-/m1/s1. The van der Waals surface area contributed by atoms with Crippen molar-refractivity contribution in [1.82, 2.24) is 25.1 Å². The van der Waals surface area contributed by atoms with Gasteiger partial charge in [0.2, 0.25) is 5.91 Å². The van der Waals surface area contributed by atoms with Gasteiger partial charge in [-0.1, -0.05) is 6.07 Å². The highest BCUT2D eigenvalue weighted by molar-refractivity contribution is 6.22. The number of likely N-dealkylation sites (tertiary alicyclic amines) is 1. The van der Waals surface area contributed by atoms with Crippen molar-refractivity contribution in [3.05, 3.63) is 54.5 Å². The van der Waals surface area contributed by atoms with E-state index >= 15 is 0 Å². The molecule has 9 nitrogen and oxygen atoms in total. The molecule has 4 heterocycles. The molecule has 3 aromatic rings. The minimum atomic E-state index is -0.413. The van der Waals surface area contributed by atoms with Crippen LogP contribution in [-0.4, -0.2) is 63.1 Å². The SMILES string of the molecule is COc1ccc(N2C(=O)C[C@@H](N3CCC(c4nc(-c5ccccn5)n[nH]4)CC3)C2=O)cc1. The zero-order valence-corrected chi connectivity index (χ0v) is 17.8. The third-order valence-electron chi connectivity index (χ3n) is 6.21. The first-order valence-electron chi connectivity index (χ1n) is 10.7. The normalized spacial score (nSPS) is 20.2. The third-order valence-corrected chi connectivity index (χ3v) is 6.21. The number of rotatable bonds is 5. The van der Waals surface area contributed by atoms with Crippen LogP contribution in [0.25, 0.3) is 11.5 Å². The second-order valence-corrected chi connectivity index (χ2v) is 8.05. The molecule has 1 atom stereocenters. The van der Waals surface area contributed by atoms with Gasteiger partial charge >= 0.3 is 0 Å². The average molecular weight is 432 g/mol. The Bertz CT molecular complexity index is 1110. The number of pyridine rings is 1. The number of carbonyl (C=O) groups is 2. The molecule has 2 aromatic heterocycles. The number of carbonyl (C=O) groups excluding carboxylic acids is 2. The molecule has 0 saturated carbocycles. The van der Waals surface area contributed by atoms with E-state index in [0.29, 0.717) is 17.3 Å². The number of ether oxygens (including phenoxy) is 1. The second kappa shape index (κ2) is 8.51. The summed E-state index contributed by atoms with van der Waals surface area (Å²) in [5, 5.41) is 7.36. The Morgan fingerprint density at radius 3 is 2.53 bits per heavy atom. The zero-order valence-electron chi connectivity index (χ0n) is 17.8. The van der Waals surface area contributed by atoms with Gasteiger partial charge in [-0.25, -0.2) is 9.88 Å². The molecule has 0 unspecified atom stereocenters. The number of nitrogens with zero attached hydrogens (tertiary/aromatic N) is 5. The molecule has 2 aliphatic rings. The van der Waals surface area contributed by atoms with Crippen LogP contribution in [0.5, 0.6) is 5.75 Å². The number of benzene rings is 1. The maximum Gasteiger partial charge on any atom is 0.251 e. The van der Waals surface area contributed by atoms with Gasteiger partial charge in [0, 0.05) is 12.1 Å². The van der Waals surface area contributed by atoms with E-state index in [1.165, 1.54) is 4.90 Å². The quantitative estimate of drug-likeness (QED) is 0.617. The molecule has 164 valence electrons. The van der Waals surface area contributed by atoms with Gasteiger partial charge in [-0.3, -0.25) is 24.6 Å². The first kappa shape index (κ1) is 20.3. The lowest BCUT2D eigenvalue weighted by atomic mass is 9.95. The molecule has 2 amide bonds. The van der Waals surface area contributed by atoms with Gasteiger partial charge in [0.05, 0.1) is 25.3 Å². The number of hydrogen-bond donors (Lipinski definition) is 1. The summed E-state index contributed by atoms with van der Waals surface area (Å²) < 4.78 is 5.16. The lowest BCUT2D eigenvalue weighted by molar-refractivity contribution is -0.123. The predicted octanol–water partition coefficient (Wildman–Crippen LogP) is 2.39. The molecule has 1 N–H and O–H groups in total. The topological polar surface area (TPSA) is 104 Å². The summed E-state index contributed by atoms with van der Waals surface area (Å²) in [7, 11) is 1.58. The van der Waals surface area contributed by atoms with E-state index in [2.05, 4.69) is 25.1 Å². The lowest BCUT2D eigenvalue weighted by Crippen LogP contribution is -2.45. The summed E-state index contributed by atoms with van der Waals surface area (Å²) in [6.07, 6.45) is 3.62. The fourth-order valence-corrected chi connectivity index (χ4v) is 4.45. The first-order chi connectivity index (χ1) is 15.6. The number of aromatic nitrogens is 4. The second-order valence-electron chi connectivity index (χ2n) is 8.05.